The van der Waals surface area contributed by atoms with Crippen LogP contribution in [0.15, 0.2) is 36.4 Å². The molecule has 1 atom stereocenters. The molecule has 0 fully saturated rings. The highest BCUT2D eigenvalue weighted by Crippen LogP contribution is 2.48. The van der Waals surface area contributed by atoms with Gasteiger partial charge in [-0.1, -0.05) is 45.0 Å². The smallest absolute Gasteiger partial charge is 0.405 e. The second-order valence-corrected chi connectivity index (χ2v) is 7.07. The molecule has 1 aliphatic carbocycles. The third-order valence-corrected chi connectivity index (χ3v) is 4.75. The van der Waals surface area contributed by atoms with Gasteiger partial charge in [0.15, 0.2) is 0 Å². The van der Waals surface area contributed by atoms with Crippen LogP contribution in [0.2, 0.25) is 0 Å². The summed E-state index contributed by atoms with van der Waals surface area (Å²) in [5.41, 5.74) is 9.21. The standard InChI is InChI=1S/C20H22FNO2/c1-4-12-6-5-7-13(8-12)15-9-14-11-20(2,3)18(24-19(22)23)16(14)10-17(15)21/h5-10,18H,4,11H2,1-3H3,(H2,22,23)/t18-/m0/s1. The number of hydrogen-bond acceptors (Lipinski definition) is 2. The molecule has 0 saturated carbocycles. The second kappa shape index (κ2) is 5.93. The number of ether oxygens (including phenoxy) is 1. The fourth-order valence-electron chi connectivity index (χ4n) is 3.55. The van der Waals surface area contributed by atoms with Crippen LogP contribution in [0.25, 0.3) is 11.1 Å². The topological polar surface area (TPSA) is 52.3 Å². The molecule has 0 bridgehead atoms. The Kier molecular flexibility index (Phi) is 4.08. The first kappa shape index (κ1) is 16.5. The predicted molar refractivity (Wildman–Crippen MR) is 92.1 cm³/mol. The van der Waals surface area contributed by atoms with E-state index in [1.165, 1.54) is 11.6 Å². The van der Waals surface area contributed by atoms with Gasteiger partial charge in [0.1, 0.15) is 11.9 Å². The lowest BCUT2D eigenvalue weighted by molar-refractivity contribution is 0.0391. The first-order chi connectivity index (χ1) is 11.3. The van der Waals surface area contributed by atoms with Gasteiger partial charge in [0.25, 0.3) is 0 Å². The molecule has 0 saturated heterocycles. The molecule has 0 heterocycles. The molecule has 126 valence electrons. The number of nitrogens with two attached hydrogens (primary N) is 1. The van der Waals surface area contributed by atoms with Gasteiger partial charge < -0.3 is 10.5 Å². The lowest BCUT2D eigenvalue weighted by Crippen LogP contribution is -2.25. The van der Waals surface area contributed by atoms with Crippen LogP contribution in [0.5, 0.6) is 0 Å². The van der Waals surface area contributed by atoms with Crippen molar-refractivity contribution in [3.05, 3.63) is 58.9 Å². The molecule has 0 unspecified atom stereocenters. The zero-order chi connectivity index (χ0) is 17.5. The van der Waals surface area contributed by atoms with E-state index < -0.39 is 12.2 Å². The molecule has 2 N–H and O–H groups in total. The van der Waals surface area contributed by atoms with Crippen LogP contribution in [0, 0.1) is 11.2 Å². The fraction of sp³-hybridized carbons (Fsp3) is 0.350. The normalized spacial score (nSPS) is 18.2. The zero-order valence-corrected chi connectivity index (χ0v) is 14.2. The van der Waals surface area contributed by atoms with E-state index in [1.807, 2.05) is 44.2 Å². The molecular formula is C20H22FNO2. The maximum absolute atomic E-state index is 14.8. The number of carbonyl (C=O) groups is 1. The van der Waals surface area contributed by atoms with Gasteiger partial charge in [-0.05, 0) is 47.2 Å². The van der Waals surface area contributed by atoms with Crippen molar-refractivity contribution >= 4 is 6.09 Å². The van der Waals surface area contributed by atoms with E-state index in [1.54, 1.807) is 0 Å². The van der Waals surface area contributed by atoms with Crippen molar-refractivity contribution in [2.45, 2.75) is 39.7 Å². The quantitative estimate of drug-likeness (QED) is 0.882. The number of primary amides is 1. The Hall–Kier alpha value is -2.36. The monoisotopic (exact) mass is 327 g/mol. The van der Waals surface area contributed by atoms with Crippen LogP contribution >= 0.6 is 0 Å². The summed E-state index contributed by atoms with van der Waals surface area (Å²) in [4.78, 5) is 11.2. The van der Waals surface area contributed by atoms with E-state index >= 15 is 0 Å². The van der Waals surface area contributed by atoms with Crippen LogP contribution in [0.3, 0.4) is 0 Å². The lowest BCUT2D eigenvalue weighted by Gasteiger charge is -2.26. The average Bonchev–Trinajstić information content (AvgIpc) is 2.76. The molecule has 3 nitrogen and oxygen atoms in total. The Balaban J connectivity index is 2.07. The van der Waals surface area contributed by atoms with Gasteiger partial charge >= 0.3 is 6.09 Å². The van der Waals surface area contributed by atoms with Crippen LogP contribution in [-0.4, -0.2) is 6.09 Å². The number of rotatable bonds is 3. The van der Waals surface area contributed by atoms with E-state index in [0.29, 0.717) is 17.5 Å². The first-order valence-electron chi connectivity index (χ1n) is 8.19. The van der Waals surface area contributed by atoms with Crippen molar-refractivity contribution in [2.75, 3.05) is 0 Å². The molecule has 3 rings (SSSR count). The van der Waals surface area contributed by atoms with Crippen LogP contribution in [0.4, 0.5) is 9.18 Å². The molecule has 4 heteroatoms. The van der Waals surface area contributed by atoms with E-state index in [4.69, 9.17) is 10.5 Å². The van der Waals surface area contributed by atoms with Crippen molar-refractivity contribution in [3.8, 4) is 11.1 Å². The summed E-state index contributed by atoms with van der Waals surface area (Å²) in [7, 11) is 0. The van der Waals surface area contributed by atoms with Crippen LogP contribution in [0.1, 0.15) is 43.6 Å². The number of fused-ring (bicyclic) bond motifs is 1. The Bertz CT molecular complexity index is 798. The maximum Gasteiger partial charge on any atom is 0.405 e. The van der Waals surface area contributed by atoms with Crippen molar-refractivity contribution in [1.82, 2.24) is 0 Å². The van der Waals surface area contributed by atoms with Crippen LogP contribution in [-0.2, 0) is 17.6 Å². The number of halogens is 1. The summed E-state index contributed by atoms with van der Waals surface area (Å²) in [5.74, 6) is -0.308. The molecule has 0 spiro atoms. The van der Waals surface area contributed by atoms with Crippen LogP contribution < -0.4 is 5.73 Å². The number of hydrogen-bond donors (Lipinski definition) is 1. The minimum Gasteiger partial charge on any atom is -0.441 e. The molecular weight excluding hydrogens is 305 g/mol. The Morgan fingerprint density at radius 3 is 2.75 bits per heavy atom. The van der Waals surface area contributed by atoms with Crippen molar-refractivity contribution in [1.29, 1.82) is 0 Å². The molecule has 0 aromatic heterocycles. The van der Waals surface area contributed by atoms with Gasteiger partial charge in [-0.2, -0.15) is 0 Å². The van der Waals surface area contributed by atoms with Gasteiger partial charge in [-0.25, -0.2) is 9.18 Å². The SMILES string of the molecule is CCc1cccc(-c2cc3c(cc2F)[C@H](OC(N)=O)C(C)(C)C3)c1. The van der Waals surface area contributed by atoms with Crippen molar-refractivity contribution in [3.63, 3.8) is 0 Å². The Morgan fingerprint density at radius 1 is 1.33 bits per heavy atom. The third-order valence-electron chi connectivity index (χ3n) is 4.75. The molecule has 0 aliphatic heterocycles. The molecule has 0 radical (unpaired) electrons. The maximum atomic E-state index is 14.8. The second-order valence-electron chi connectivity index (χ2n) is 7.07. The van der Waals surface area contributed by atoms with Gasteiger partial charge in [-0.15, -0.1) is 0 Å². The minimum absolute atomic E-state index is 0.308. The van der Waals surface area contributed by atoms with Gasteiger partial charge in [0, 0.05) is 11.0 Å². The predicted octanol–water partition coefficient (Wildman–Crippen LogP) is 4.77. The Morgan fingerprint density at radius 2 is 2.08 bits per heavy atom. The summed E-state index contributed by atoms with van der Waals surface area (Å²) in [6.07, 6.45) is 0.264. The summed E-state index contributed by atoms with van der Waals surface area (Å²) in [6, 6.07) is 11.3. The minimum atomic E-state index is -0.832. The summed E-state index contributed by atoms with van der Waals surface area (Å²) in [5, 5.41) is 0. The van der Waals surface area contributed by atoms with Crippen molar-refractivity contribution < 1.29 is 13.9 Å². The average molecular weight is 327 g/mol. The number of amides is 1. The van der Waals surface area contributed by atoms with E-state index in [9.17, 15) is 9.18 Å². The molecule has 2 aromatic rings. The van der Waals surface area contributed by atoms with E-state index in [2.05, 4.69) is 6.92 Å². The first-order valence-corrected chi connectivity index (χ1v) is 8.19. The summed E-state index contributed by atoms with van der Waals surface area (Å²) in [6.45, 7) is 6.07. The van der Waals surface area contributed by atoms with Crippen molar-refractivity contribution in [2.24, 2.45) is 11.1 Å². The summed E-state index contributed by atoms with van der Waals surface area (Å²) >= 11 is 0. The third kappa shape index (κ3) is 2.88. The zero-order valence-electron chi connectivity index (χ0n) is 14.2. The van der Waals surface area contributed by atoms with Gasteiger partial charge in [-0.3, -0.25) is 0 Å². The Labute approximate surface area is 141 Å². The van der Waals surface area contributed by atoms with Gasteiger partial charge in [0.2, 0.25) is 0 Å². The lowest BCUT2D eigenvalue weighted by atomic mass is 9.87. The highest BCUT2D eigenvalue weighted by molar-refractivity contribution is 5.68. The van der Waals surface area contributed by atoms with Gasteiger partial charge in [0.05, 0.1) is 0 Å². The summed E-state index contributed by atoms with van der Waals surface area (Å²) < 4.78 is 20.0. The molecule has 1 amide bonds. The van der Waals surface area contributed by atoms with E-state index in [-0.39, 0.29) is 11.2 Å². The highest BCUT2D eigenvalue weighted by Gasteiger charge is 2.42. The fourth-order valence-corrected chi connectivity index (χ4v) is 3.55. The number of benzene rings is 2. The molecule has 1 aliphatic rings. The van der Waals surface area contributed by atoms with E-state index in [0.717, 1.165) is 17.5 Å². The molecule has 2 aromatic carbocycles. The largest absolute Gasteiger partial charge is 0.441 e. The highest BCUT2D eigenvalue weighted by atomic mass is 19.1. The number of aryl methyl sites for hydroxylation is 1. The molecule has 24 heavy (non-hydrogen) atoms. The number of carbonyl (C=O) groups excluding carboxylic acids is 1.